The van der Waals surface area contributed by atoms with Crippen LogP contribution in [0.3, 0.4) is 0 Å². The van der Waals surface area contributed by atoms with E-state index < -0.39 is 10.0 Å². The fourth-order valence-corrected chi connectivity index (χ4v) is 5.34. The van der Waals surface area contributed by atoms with Crippen LogP contribution >= 0.6 is 23.2 Å². The molecular weight excluding hydrogens is 455 g/mol. The number of aryl methyl sites for hydroxylation is 2. The maximum Gasteiger partial charge on any atom is 0.268 e. The number of hydrogen-bond donors (Lipinski definition) is 0. The third kappa shape index (κ3) is 3.99. The first-order valence-corrected chi connectivity index (χ1v) is 11.6. The van der Waals surface area contributed by atoms with Crippen molar-refractivity contribution in [1.82, 2.24) is 8.96 Å². The Kier molecular flexibility index (Phi) is 5.64. The van der Waals surface area contributed by atoms with E-state index in [2.05, 4.69) is 4.98 Å². The number of carbonyl (C=O) groups is 1. The molecule has 2 aromatic heterocycles. The molecule has 0 aliphatic carbocycles. The van der Waals surface area contributed by atoms with Crippen molar-refractivity contribution in [3.8, 4) is 0 Å². The van der Waals surface area contributed by atoms with Gasteiger partial charge >= 0.3 is 0 Å². The zero-order valence-corrected chi connectivity index (χ0v) is 19.1. The molecule has 5 nitrogen and oxygen atoms in total. The second-order valence-electron chi connectivity index (χ2n) is 7.34. The number of carbonyl (C=O) groups excluding carboxylic acids is 1. The zero-order chi connectivity index (χ0) is 22.3. The summed E-state index contributed by atoms with van der Waals surface area (Å²) in [6, 6.07) is 11.7. The summed E-state index contributed by atoms with van der Waals surface area (Å²) < 4.78 is 27.8. The normalized spacial score (nSPS) is 11.7. The lowest BCUT2D eigenvalue weighted by Gasteiger charge is -2.09. The Morgan fingerprint density at radius 1 is 1.00 bits per heavy atom. The summed E-state index contributed by atoms with van der Waals surface area (Å²) >= 11 is 12.3. The molecule has 0 spiro atoms. The summed E-state index contributed by atoms with van der Waals surface area (Å²) in [7, 11) is -3.82. The van der Waals surface area contributed by atoms with Crippen molar-refractivity contribution in [3.05, 3.63) is 93.4 Å². The summed E-state index contributed by atoms with van der Waals surface area (Å²) in [4.78, 5) is 17.0. The second-order valence-corrected chi connectivity index (χ2v) is 9.97. The Morgan fingerprint density at radius 3 is 2.29 bits per heavy atom. The molecular formula is C23H18Cl2N2O3S. The Morgan fingerprint density at radius 2 is 1.65 bits per heavy atom. The van der Waals surface area contributed by atoms with E-state index in [1.807, 2.05) is 13.8 Å². The molecule has 4 rings (SSSR count). The average molecular weight is 473 g/mol. The van der Waals surface area contributed by atoms with Gasteiger partial charge in [0, 0.05) is 41.5 Å². The fraction of sp³-hybridized carbons (Fsp3) is 0.130. The maximum atomic E-state index is 13.3. The van der Waals surface area contributed by atoms with E-state index in [4.69, 9.17) is 23.2 Å². The van der Waals surface area contributed by atoms with E-state index in [1.165, 1.54) is 16.4 Å². The van der Waals surface area contributed by atoms with Gasteiger partial charge < -0.3 is 0 Å². The first-order valence-electron chi connectivity index (χ1n) is 9.43. The number of fused-ring (bicyclic) bond motifs is 1. The average Bonchev–Trinajstić information content (AvgIpc) is 3.08. The van der Waals surface area contributed by atoms with Gasteiger partial charge in [0.15, 0.2) is 5.78 Å². The molecule has 0 radical (unpaired) electrons. The smallest absolute Gasteiger partial charge is 0.268 e. The molecule has 8 heteroatoms. The first kappa shape index (κ1) is 21.6. The molecule has 0 aliphatic rings. The zero-order valence-electron chi connectivity index (χ0n) is 16.8. The van der Waals surface area contributed by atoms with Crippen molar-refractivity contribution in [3.63, 3.8) is 0 Å². The number of hydrogen-bond acceptors (Lipinski definition) is 4. The van der Waals surface area contributed by atoms with Gasteiger partial charge in [-0.2, -0.15) is 0 Å². The quantitative estimate of drug-likeness (QED) is 0.353. The number of nitrogens with zero attached hydrogens (tertiary/aromatic N) is 2. The van der Waals surface area contributed by atoms with Gasteiger partial charge in [0.2, 0.25) is 0 Å². The Labute approximate surface area is 190 Å². The number of halogens is 2. The largest absolute Gasteiger partial charge is 0.294 e. The molecule has 0 atom stereocenters. The number of rotatable bonds is 5. The van der Waals surface area contributed by atoms with Gasteiger partial charge in [0.05, 0.1) is 20.5 Å². The van der Waals surface area contributed by atoms with Crippen molar-refractivity contribution >= 4 is 49.9 Å². The summed E-state index contributed by atoms with van der Waals surface area (Å²) in [5.74, 6) is -0.227. The van der Waals surface area contributed by atoms with Crippen LogP contribution in [0, 0.1) is 13.8 Å². The molecule has 0 bridgehead atoms. The molecule has 0 saturated heterocycles. The predicted octanol–water partition coefficient (Wildman–Crippen LogP) is 5.62. The minimum Gasteiger partial charge on any atom is -0.294 e. The lowest BCUT2D eigenvalue weighted by atomic mass is 10.0. The van der Waals surface area contributed by atoms with Crippen molar-refractivity contribution in [2.75, 3.05) is 0 Å². The van der Waals surface area contributed by atoms with Gasteiger partial charge in [-0.1, -0.05) is 53.0 Å². The molecule has 0 amide bonds. The highest BCUT2D eigenvalue weighted by molar-refractivity contribution is 7.90. The Hall–Kier alpha value is -2.67. The summed E-state index contributed by atoms with van der Waals surface area (Å²) in [6.45, 7) is 3.73. The van der Waals surface area contributed by atoms with Gasteiger partial charge in [-0.15, -0.1) is 0 Å². The van der Waals surface area contributed by atoms with Crippen molar-refractivity contribution in [2.45, 2.75) is 25.2 Å². The van der Waals surface area contributed by atoms with E-state index in [-0.39, 0.29) is 17.1 Å². The van der Waals surface area contributed by atoms with Crippen LogP contribution in [-0.4, -0.2) is 23.2 Å². The van der Waals surface area contributed by atoms with Crippen molar-refractivity contribution < 1.29 is 13.2 Å². The van der Waals surface area contributed by atoms with Gasteiger partial charge in [-0.3, -0.25) is 9.78 Å². The molecule has 2 aromatic carbocycles. The first-order chi connectivity index (χ1) is 14.7. The highest BCUT2D eigenvalue weighted by Crippen LogP contribution is 2.29. The second kappa shape index (κ2) is 8.11. The predicted molar refractivity (Wildman–Crippen MR) is 123 cm³/mol. The van der Waals surface area contributed by atoms with Crippen LogP contribution < -0.4 is 0 Å². The lowest BCUT2D eigenvalue weighted by molar-refractivity contribution is 0.0993. The van der Waals surface area contributed by atoms with Gasteiger partial charge in [-0.25, -0.2) is 12.4 Å². The van der Waals surface area contributed by atoms with Crippen LogP contribution in [0.4, 0.5) is 0 Å². The monoisotopic (exact) mass is 472 g/mol. The van der Waals surface area contributed by atoms with Gasteiger partial charge in [0.25, 0.3) is 10.0 Å². The Bertz CT molecular complexity index is 1410. The molecule has 0 aliphatic heterocycles. The molecule has 0 saturated carbocycles. The Balaban J connectivity index is 1.79. The number of Topliss-reactive ketones (excluding diaryl/α,β-unsaturated/α-hetero) is 1. The molecule has 0 N–H and O–H groups in total. The summed E-state index contributed by atoms with van der Waals surface area (Å²) in [6.07, 6.45) is 4.42. The summed E-state index contributed by atoms with van der Waals surface area (Å²) in [5.41, 5.74) is 3.06. The van der Waals surface area contributed by atoms with E-state index in [0.29, 0.717) is 26.7 Å². The van der Waals surface area contributed by atoms with Crippen LogP contribution in [-0.2, 0) is 16.4 Å². The minimum absolute atomic E-state index is 0.0178. The topological polar surface area (TPSA) is 69.0 Å². The highest BCUT2D eigenvalue weighted by atomic mass is 35.5. The number of benzene rings is 2. The molecule has 4 aromatic rings. The van der Waals surface area contributed by atoms with Crippen molar-refractivity contribution in [1.29, 1.82) is 0 Å². The number of ketones is 1. The van der Waals surface area contributed by atoms with Crippen LogP contribution in [0.25, 0.3) is 10.9 Å². The molecule has 0 fully saturated rings. The summed E-state index contributed by atoms with van der Waals surface area (Å²) in [5, 5.41) is 1.37. The van der Waals surface area contributed by atoms with Gasteiger partial charge in [0.1, 0.15) is 0 Å². The SMILES string of the molecule is Cc1ccc(S(=O)(=O)n2cc(C)c3ccc(C(=O)Cc4c(Cl)cncc4Cl)cc32)cc1. The molecule has 31 heavy (non-hydrogen) atoms. The third-order valence-corrected chi connectivity index (χ3v) is 7.50. The third-order valence-electron chi connectivity index (χ3n) is 5.16. The van der Waals surface area contributed by atoms with Gasteiger partial charge in [-0.05, 0) is 37.6 Å². The lowest BCUT2D eigenvalue weighted by Crippen LogP contribution is -2.12. The van der Waals surface area contributed by atoms with E-state index in [1.54, 1.807) is 48.7 Å². The maximum absolute atomic E-state index is 13.3. The highest BCUT2D eigenvalue weighted by Gasteiger charge is 2.22. The van der Waals surface area contributed by atoms with Crippen LogP contribution in [0.5, 0.6) is 0 Å². The number of pyridine rings is 1. The van der Waals surface area contributed by atoms with E-state index >= 15 is 0 Å². The van der Waals surface area contributed by atoms with Crippen LogP contribution in [0.15, 0.2) is 66.0 Å². The molecule has 0 unspecified atom stereocenters. The van der Waals surface area contributed by atoms with Crippen LogP contribution in [0.2, 0.25) is 10.0 Å². The van der Waals surface area contributed by atoms with Crippen LogP contribution in [0.1, 0.15) is 27.0 Å². The fourth-order valence-electron chi connectivity index (χ4n) is 3.43. The number of aromatic nitrogens is 2. The standard InChI is InChI=1S/C23H18Cl2N2O3S/c1-14-3-6-17(7-4-14)31(29,30)27-13-15(2)18-8-5-16(9-22(18)27)23(28)10-19-20(24)11-26-12-21(19)25/h3-9,11-13H,10H2,1-2H3. The molecule has 158 valence electrons. The minimum atomic E-state index is -3.82. The van der Waals surface area contributed by atoms with Crippen molar-refractivity contribution in [2.24, 2.45) is 0 Å². The van der Waals surface area contributed by atoms with E-state index in [0.717, 1.165) is 16.5 Å². The van der Waals surface area contributed by atoms with E-state index in [9.17, 15) is 13.2 Å². The molecule has 2 heterocycles.